The van der Waals surface area contributed by atoms with E-state index in [9.17, 15) is 9.18 Å². The van der Waals surface area contributed by atoms with Crippen molar-refractivity contribution in [2.24, 2.45) is 0 Å². The van der Waals surface area contributed by atoms with Gasteiger partial charge in [0.25, 0.3) is 5.89 Å². The molecule has 2 aromatic rings. The molecule has 2 heterocycles. The molecule has 0 spiro atoms. The molecular formula is C18H23FN4O3. The number of hydrogen-bond donors (Lipinski definition) is 1. The van der Waals surface area contributed by atoms with E-state index in [4.69, 9.17) is 9.26 Å². The first kappa shape index (κ1) is 18.2. The first-order valence-corrected chi connectivity index (χ1v) is 8.77. The fourth-order valence-corrected chi connectivity index (χ4v) is 2.85. The second kappa shape index (κ2) is 8.16. The highest BCUT2D eigenvalue weighted by Crippen LogP contribution is 2.26. The summed E-state index contributed by atoms with van der Waals surface area (Å²) in [6, 6.07) is 5.85. The Hall–Kier alpha value is -2.64. The minimum absolute atomic E-state index is 0.0278. The van der Waals surface area contributed by atoms with Crippen LogP contribution in [0.25, 0.3) is 0 Å². The van der Waals surface area contributed by atoms with Crippen molar-refractivity contribution in [1.82, 2.24) is 20.4 Å². The van der Waals surface area contributed by atoms with E-state index >= 15 is 0 Å². The first-order chi connectivity index (χ1) is 12.5. The van der Waals surface area contributed by atoms with Crippen molar-refractivity contribution in [2.75, 3.05) is 13.1 Å². The zero-order valence-electron chi connectivity index (χ0n) is 14.9. The molecule has 1 fully saturated rings. The minimum atomic E-state index is -0.314. The van der Waals surface area contributed by atoms with Crippen LogP contribution in [0.1, 0.15) is 44.3 Å². The average molecular weight is 362 g/mol. The highest BCUT2D eigenvalue weighted by atomic mass is 19.1. The third-order valence-electron chi connectivity index (χ3n) is 4.22. The van der Waals surface area contributed by atoms with Gasteiger partial charge in [0.05, 0.1) is 0 Å². The van der Waals surface area contributed by atoms with E-state index < -0.39 is 0 Å². The van der Waals surface area contributed by atoms with Gasteiger partial charge in [-0.3, -0.25) is 0 Å². The first-order valence-electron chi connectivity index (χ1n) is 8.77. The smallest absolute Gasteiger partial charge is 0.317 e. The van der Waals surface area contributed by atoms with E-state index in [1.165, 1.54) is 12.1 Å². The molecular weight excluding hydrogens is 339 g/mol. The van der Waals surface area contributed by atoms with Gasteiger partial charge in [0, 0.05) is 25.0 Å². The summed E-state index contributed by atoms with van der Waals surface area (Å²) >= 11 is 0. The zero-order chi connectivity index (χ0) is 18.5. The Morgan fingerprint density at radius 2 is 2.04 bits per heavy atom. The van der Waals surface area contributed by atoms with Crippen molar-refractivity contribution in [3.8, 4) is 5.75 Å². The number of carbonyl (C=O) groups is 1. The predicted molar refractivity (Wildman–Crippen MR) is 92.2 cm³/mol. The van der Waals surface area contributed by atoms with Crippen LogP contribution in [0.2, 0.25) is 0 Å². The average Bonchev–Trinajstić information content (AvgIpc) is 3.10. The number of halogens is 1. The lowest BCUT2D eigenvalue weighted by Crippen LogP contribution is -2.46. The summed E-state index contributed by atoms with van der Waals surface area (Å²) in [5.74, 6) is 1.42. The number of nitrogens with zero attached hydrogens (tertiary/aromatic N) is 3. The van der Waals surface area contributed by atoms with Gasteiger partial charge in [-0.1, -0.05) is 5.16 Å². The largest absolute Gasteiger partial charge is 0.484 e. The molecule has 0 radical (unpaired) electrons. The SMILES string of the molecule is CC(C)NC(=O)N1CCC(c2noc(COc3ccc(F)cc3)n2)CC1. The third-order valence-corrected chi connectivity index (χ3v) is 4.22. The lowest BCUT2D eigenvalue weighted by atomic mass is 9.96. The molecule has 0 unspecified atom stereocenters. The van der Waals surface area contributed by atoms with Crippen LogP contribution in [-0.2, 0) is 6.61 Å². The van der Waals surface area contributed by atoms with Crippen LogP contribution in [0, 0.1) is 5.82 Å². The molecule has 8 heteroatoms. The zero-order valence-corrected chi connectivity index (χ0v) is 14.9. The van der Waals surface area contributed by atoms with Crippen molar-refractivity contribution >= 4 is 6.03 Å². The van der Waals surface area contributed by atoms with Crippen LogP contribution in [0.15, 0.2) is 28.8 Å². The Kier molecular flexibility index (Phi) is 5.70. The second-order valence-electron chi connectivity index (χ2n) is 6.65. The lowest BCUT2D eigenvalue weighted by molar-refractivity contribution is 0.177. The molecule has 1 aromatic heterocycles. The Balaban J connectivity index is 1.49. The van der Waals surface area contributed by atoms with Crippen molar-refractivity contribution in [3.05, 3.63) is 41.8 Å². The molecule has 7 nitrogen and oxygen atoms in total. The highest BCUT2D eigenvalue weighted by Gasteiger charge is 2.27. The Morgan fingerprint density at radius 3 is 2.69 bits per heavy atom. The molecule has 0 aliphatic carbocycles. The molecule has 0 bridgehead atoms. The van der Waals surface area contributed by atoms with Crippen molar-refractivity contribution in [2.45, 2.75) is 45.3 Å². The van der Waals surface area contributed by atoms with E-state index in [0.29, 0.717) is 30.6 Å². The van der Waals surface area contributed by atoms with E-state index in [0.717, 1.165) is 12.8 Å². The van der Waals surface area contributed by atoms with Gasteiger partial charge in [-0.05, 0) is 51.0 Å². The van der Waals surface area contributed by atoms with E-state index in [1.54, 1.807) is 12.1 Å². The molecule has 2 amide bonds. The number of urea groups is 1. The fraction of sp³-hybridized carbons (Fsp3) is 0.500. The molecule has 3 rings (SSSR count). The van der Waals surface area contributed by atoms with Crippen molar-refractivity contribution in [3.63, 3.8) is 0 Å². The summed E-state index contributed by atoms with van der Waals surface area (Å²) in [6.07, 6.45) is 1.59. The van der Waals surface area contributed by atoms with Crippen LogP contribution in [-0.4, -0.2) is 40.2 Å². The molecule has 1 aromatic carbocycles. The molecule has 1 N–H and O–H groups in total. The van der Waals surface area contributed by atoms with E-state index in [1.807, 2.05) is 18.7 Å². The number of likely N-dealkylation sites (tertiary alicyclic amines) is 1. The van der Waals surface area contributed by atoms with Gasteiger partial charge in [0.1, 0.15) is 11.6 Å². The number of rotatable bonds is 5. The molecule has 1 aliphatic heterocycles. The standard InChI is InChI=1S/C18H23FN4O3/c1-12(2)20-18(24)23-9-7-13(8-10-23)17-21-16(26-22-17)11-25-15-5-3-14(19)4-6-15/h3-6,12-13H,7-11H2,1-2H3,(H,20,24). The summed E-state index contributed by atoms with van der Waals surface area (Å²) in [7, 11) is 0. The van der Waals surface area contributed by atoms with E-state index in [-0.39, 0.29) is 30.4 Å². The van der Waals surface area contributed by atoms with Crippen LogP contribution in [0.5, 0.6) is 5.75 Å². The van der Waals surface area contributed by atoms with Gasteiger partial charge < -0.3 is 19.5 Å². The molecule has 0 saturated carbocycles. The number of benzene rings is 1. The van der Waals surface area contributed by atoms with Crippen molar-refractivity contribution < 1.29 is 18.4 Å². The summed E-state index contributed by atoms with van der Waals surface area (Å²) in [6.45, 7) is 5.35. The van der Waals surface area contributed by atoms with Gasteiger partial charge in [0.15, 0.2) is 12.4 Å². The number of nitrogens with one attached hydrogen (secondary N) is 1. The number of aromatic nitrogens is 2. The summed E-state index contributed by atoms with van der Waals surface area (Å²) in [5, 5.41) is 6.94. The maximum atomic E-state index is 12.9. The summed E-state index contributed by atoms with van der Waals surface area (Å²) in [5.41, 5.74) is 0. The van der Waals surface area contributed by atoms with Crippen LogP contribution < -0.4 is 10.1 Å². The minimum Gasteiger partial charge on any atom is -0.484 e. The Morgan fingerprint density at radius 1 is 1.35 bits per heavy atom. The molecule has 26 heavy (non-hydrogen) atoms. The second-order valence-corrected chi connectivity index (χ2v) is 6.65. The van der Waals surface area contributed by atoms with Gasteiger partial charge >= 0.3 is 6.03 Å². The quantitative estimate of drug-likeness (QED) is 0.884. The maximum Gasteiger partial charge on any atom is 0.317 e. The number of hydrogen-bond acceptors (Lipinski definition) is 5. The highest BCUT2D eigenvalue weighted by molar-refractivity contribution is 5.74. The van der Waals surface area contributed by atoms with Gasteiger partial charge in [-0.25, -0.2) is 9.18 Å². The van der Waals surface area contributed by atoms with Crippen LogP contribution in [0.4, 0.5) is 9.18 Å². The normalized spacial score (nSPS) is 15.3. The van der Waals surface area contributed by atoms with Crippen LogP contribution in [0.3, 0.4) is 0 Å². The number of amides is 2. The Labute approximate surface area is 151 Å². The maximum absolute atomic E-state index is 12.9. The monoisotopic (exact) mass is 362 g/mol. The number of carbonyl (C=O) groups excluding carboxylic acids is 1. The molecule has 1 saturated heterocycles. The number of ether oxygens (including phenoxy) is 1. The van der Waals surface area contributed by atoms with Gasteiger partial charge in [-0.2, -0.15) is 4.98 Å². The van der Waals surface area contributed by atoms with Crippen molar-refractivity contribution in [1.29, 1.82) is 0 Å². The number of piperidine rings is 1. The van der Waals surface area contributed by atoms with E-state index in [2.05, 4.69) is 15.5 Å². The summed E-state index contributed by atoms with van der Waals surface area (Å²) < 4.78 is 23.6. The molecule has 140 valence electrons. The molecule has 0 atom stereocenters. The topological polar surface area (TPSA) is 80.5 Å². The summed E-state index contributed by atoms with van der Waals surface area (Å²) in [4.78, 5) is 18.2. The van der Waals surface area contributed by atoms with Gasteiger partial charge in [0.2, 0.25) is 0 Å². The lowest BCUT2D eigenvalue weighted by Gasteiger charge is -2.31. The molecule has 1 aliphatic rings. The van der Waals surface area contributed by atoms with Crippen LogP contribution >= 0.6 is 0 Å². The Bertz CT molecular complexity index is 724. The predicted octanol–water partition coefficient (Wildman–Crippen LogP) is 3.09. The van der Waals surface area contributed by atoms with Gasteiger partial charge in [-0.15, -0.1) is 0 Å². The fourth-order valence-electron chi connectivity index (χ4n) is 2.85. The third kappa shape index (κ3) is 4.71.